The summed E-state index contributed by atoms with van der Waals surface area (Å²) in [5, 5.41) is 3.83. The normalized spacial score (nSPS) is 12.4. The first-order valence-electron chi connectivity index (χ1n) is 10.5. The minimum absolute atomic E-state index is 0.00912. The van der Waals surface area contributed by atoms with Crippen LogP contribution in [0.15, 0.2) is 47.4 Å². The number of carbonyl (C=O) groups is 1. The van der Waals surface area contributed by atoms with Gasteiger partial charge in [0.2, 0.25) is 10.0 Å². The van der Waals surface area contributed by atoms with Gasteiger partial charge in [-0.2, -0.15) is 0 Å². The number of nitrogens with zero attached hydrogens (tertiary/aromatic N) is 2. The molecular weight excluding hydrogens is 460 g/mol. The van der Waals surface area contributed by atoms with Crippen LogP contribution in [-0.4, -0.2) is 51.7 Å². The maximum absolute atomic E-state index is 12.9. The van der Waals surface area contributed by atoms with Crippen molar-refractivity contribution >= 4 is 32.7 Å². The molecule has 34 heavy (non-hydrogen) atoms. The van der Waals surface area contributed by atoms with E-state index in [4.69, 9.17) is 14.2 Å². The molecule has 0 aliphatic heterocycles. The Morgan fingerprint density at radius 3 is 2.35 bits per heavy atom. The predicted molar refractivity (Wildman–Crippen MR) is 127 cm³/mol. The van der Waals surface area contributed by atoms with Gasteiger partial charge in [0.15, 0.2) is 11.5 Å². The number of methoxy groups -OCH3 is 3. The van der Waals surface area contributed by atoms with Crippen molar-refractivity contribution in [3.05, 3.63) is 48.3 Å². The van der Waals surface area contributed by atoms with Gasteiger partial charge < -0.3 is 19.5 Å². The molecule has 0 aliphatic rings. The van der Waals surface area contributed by atoms with Gasteiger partial charge in [0.25, 0.3) is 0 Å². The first-order valence-corrected chi connectivity index (χ1v) is 12.0. The van der Waals surface area contributed by atoms with Crippen LogP contribution in [0.2, 0.25) is 0 Å². The molecule has 0 saturated heterocycles. The van der Waals surface area contributed by atoms with E-state index in [0.29, 0.717) is 28.2 Å². The minimum Gasteiger partial charge on any atom is -0.493 e. The summed E-state index contributed by atoms with van der Waals surface area (Å²) in [4.78, 5) is 21.2. The highest BCUT2D eigenvalue weighted by molar-refractivity contribution is 7.89. The third kappa shape index (κ3) is 5.54. The van der Waals surface area contributed by atoms with Gasteiger partial charge in [-0.25, -0.2) is 27.9 Å². The molecule has 1 unspecified atom stereocenters. The molecule has 0 amide bonds. The maximum Gasteiger partial charge on any atom is 0.328 e. The van der Waals surface area contributed by atoms with Gasteiger partial charge in [0, 0.05) is 11.5 Å². The van der Waals surface area contributed by atoms with E-state index in [1.165, 1.54) is 39.5 Å². The zero-order valence-corrected chi connectivity index (χ0v) is 20.5. The third-order valence-corrected chi connectivity index (χ3v) is 6.55. The van der Waals surface area contributed by atoms with Gasteiger partial charge in [-0.05, 0) is 30.2 Å². The van der Waals surface area contributed by atoms with E-state index < -0.39 is 22.0 Å². The van der Waals surface area contributed by atoms with Crippen molar-refractivity contribution in [2.24, 2.45) is 5.92 Å². The molecule has 0 radical (unpaired) electrons. The average Bonchev–Trinajstić information content (AvgIpc) is 2.84. The Morgan fingerprint density at radius 2 is 1.71 bits per heavy atom. The number of anilines is 1. The van der Waals surface area contributed by atoms with Crippen molar-refractivity contribution in [2.45, 2.75) is 31.3 Å². The molecule has 1 aromatic heterocycles. The van der Waals surface area contributed by atoms with Crippen LogP contribution < -0.4 is 19.5 Å². The number of benzene rings is 2. The fourth-order valence-electron chi connectivity index (χ4n) is 3.31. The number of rotatable bonds is 10. The van der Waals surface area contributed by atoms with Gasteiger partial charge in [0.05, 0.1) is 38.3 Å². The lowest BCUT2D eigenvalue weighted by atomic mass is 10.0. The molecule has 0 fully saturated rings. The van der Waals surface area contributed by atoms with E-state index in [-0.39, 0.29) is 23.2 Å². The van der Waals surface area contributed by atoms with Crippen molar-refractivity contribution in [3.63, 3.8) is 0 Å². The highest BCUT2D eigenvalue weighted by Gasteiger charge is 2.25. The number of ether oxygens (including phenoxy) is 3. The van der Waals surface area contributed by atoms with E-state index in [2.05, 4.69) is 20.0 Å². The molecule has 0 bridgehead atoms. The summed E-state index contributed by atoms with van der Waals surface area (Å²) in [7, 11) is 0.327. The molecule has 1 atom stereocenters. The van der Waals surface area contributed by atoms with Gasteiger partial charge in [-0.1, -0.05) is 26.0 Å². The van der Waals surface area contributed by atoms with Gasteiger partial charge >= 0.3 is 5.97 Å². The quantitative estimate of drug-likeness (QED) is 0.414. The number of carbonyl (C=O) groups excluding carboxylic acids is 1. The summed E-state index contributed by atoms with van der Waals surface area (Å²) in [5.41, 5.74) is 0.604. The Morgan fingerprint density at radius 1 is 1.00 bits per heavy atom. The number of fused-ring (bicyclic) bond motifs is 1. The molecule has 0 aliphatic carbocycles. The monoisotopic (exact) mass is 488 g/mol. The van der Waals surface area contributed by atoms with E-state index >= 15 is 0 Å². The Hall–Kier alpha value is -3.44. The van der Waals surface area contributed by atoms with Gasteiger partial charge in [-0.3, -0.25) is 0 Å². The molecule has 2 aromatic carbocycles. The molecule has 1 heterocycles. The first kappa shape index (κ1) is 25.2. The Balaban J connectivity index is 1.91. The van der Waals surface area contributed by atoms with Crippen LogP contribution in [0.3, 0.4) is 0 Å². The van der Waals surface area contributed by atoms with Crippen LogP contribution in [0, 0.1) is 5.92 Å². The minimum atomic E-state index is -3.90. The summed E-state index contributed by atoms with van der Waals surface area (Å²) in [5.74, 6) is 0.857. The highest BCUT2D eigenvalue weighted by Crippen LogP contribution is 2.29. The molecule has 0 spiro atoms. The van der Waals surface area contributed by atoms with E-state index in [9.17, 15) is 13.2 Å². The van der Waals surface area contributed by atoms with E-state index in [1.54, 1.807) is 6.07 Å². The molecule has 3 aromatic rings. The van der Waals surface area contributed by atoms with Crippen molar-refractivity contribution in [1.29, 1.82) is 0 Å². The number of aromatic nitrogens is 2. The fraction of sp³-hybridized carbons (Fsp3) is 0.348. The molecule has 2 N–H and O–H groups in total. The van der Waals surface area contributed by atoms with Crippen LogP contribution in [0.5, 0.6) is 11.5 Å². The summed E-state index contributed by atoms with van der Waals surface area (Å²) in [6, 6.07) is 10.9. The molecule has 0 saturated carbocycles. The predicted octanol–water partition coefficient (Wildman–Crippen LogP) is 2.74. The van der Waals surface area contributed by atoms with Crippen LogP contribution >= 0.6 is 0 Å². The molecule has 11 heteroatoms. The second-order valence-electron chi connectivity index (χ2n) is 7.74. The largest absolute Gasteiger partial charge is 0.493 e. The number of hydrogen-bond acceptors (Lipinski definition) is 9. The van der Waals surface area contributed by atoms with Crippen LogP contribution in [0.1, 0.15) is 19.7 Å². The third-order valence-electron chi connectivity index (χ3n) is 5.15. The van der Waals surface area contributed by atoms with Crippen molar-refractivity contribution in [2.75, 3.05) is 26.6 Å². The standard InChI is InChI=1S/C23H28N4O6S/c1-14(2)21(23(28)33-5)27-22-16-8-6-7-9-17(16)25-20(26-22)13-24-34(29,30)15-10-11-18(31-3)19(12-15)32-4/h6-12,14,21,24H,13H2,1-5H3,(H,25,26,27). The smallest absolute Gasteiger partial charge is 0.328 e. The van der Waals surface area contributed by atoms with Gasteiger partial charge in [0.1, 0.15) is 17.7 Å². The number of nitrogens with one attached hydrogen (secondary N) is 2. The second-order valence-corrected chi connectivity index (χ2v) is 9.50. The Bertz CT molecular complexity index is 1280. The molecule has 182 valence electrons. The summed E-state index contributed by atoms with van der Waals surface area (Å²) < 4.78 is 43.5. The molecule has 3 rings (SSSR count). The molecule has 10 nitrogen and oxygen atoms in total. The van der Waals surface area contributed by atoms with Crippen molar-refractivity contribution in [3.8, 4) is 11.5 Å². The van der Waals surface area contributed by atoms with E-state index in [0.717, 1.165) is 0 Å². The fourth-order valence-corrected chi connectivity index (χ4v) is 4.31. The summed E-state index contributed by atoms with van der Waals surface area (Å²) in [6.45, 7) is 3.60. The summed E-state index contributed by atoms with van der Waals surface area (Å²) in [6.07, 6.45) is 0. The second kappa shape index (κ2) is 10.7. The number of sulfonamides is 1. The Kier molecular flexibility index (Phi) is 7.90. The first-order chi connectivity index (χ1) is 16.2. The Labute approximate surface area is 198 Å². The lowest BCUT2D eigenvalue weighted by Crippen LogP contribution is -2.36. The lowest BCUT2D eigenvalue weighted by molar-refractivity contribution is -0.142. The summed E-state index contributed by atoms with van der Waals surface area (Å²) >= 11 is 0. The average molecular weight is 489 g/mol. The van der Waals surface area contributed by atoms with Crippen LogP contribution in [-0.2, 0) is 26.1 Å². The van der Waals surface area contributed by atoms with E-state index in [1.807, 2.05) is 32.0 Å². The number of esters is 1. The SMILES string of the molecule is COC(=O)C(Nc1nc(CNS(=O)(=O)c2ccc(OC)c(OC)c2)nc2ccccc12)C(C)C. The lowest BCUT2D eigenvalue weighted by Gasteiger charge is -2.21. The zero-order chi connectivity index (χ0) is 24.9. The highest BCUT2D eigenvalue weighted by atomic mass is 32.2. The maximum atomic E-state index is 12.9. The van der Waals surface area contributed by atoms with Crippen LogP contribution in [0.4, 0.5) is 5.82 Å². The van der Waals surface area contributed by atoms with Crippen molar-refractivity contribution < 1.29 is 27.4 Å². The topological polar surface area (TPSA) is 129 Å². The van der Waals surface area contributed by atoms with Crippen molar-refractivity contribution in [1.82, 2.24) is 14.7 Å². The molecular formula is C23H28N4O6S. The van der Waals surface area contributed by atoms with Crippen LogP contribution in [0.25, 0.3) is 10.9 Å². The number of hydrogen-bond donors (Lipinski definition) is 2. The van der Waals surface area contributed by atoms with Gasteiger partial charge in [-0.15, -0.1) is 0 Å². The number of para-hydroxylation sites is 1. The zero-order valence-electron chi connectivity index (χ0n) is 19.7.